The van der Waals surface area contributed by atoms with Gasteiger partial charge in [0.1, 0.15) is 0 Å². The van der Waals surface area contributed by atoms with E-state index in [1.807, 2.05) is 14.0 Å². The maximum absolute atomic E-state index is 11.6. The van der Waals surface area contributed by atoms with Crippen molar-refractivity contribution in [2.75, 3.05) is 7.11 Å². The molecular weight excluding hydrogens is 449 g/mol. The minimum atomic E-state index is -0.214. The Labute approximate surface area is 210 Å². The van der Waals surface area contributed by atoms with Crippen LogP contribution in [0.15, 0.2) is 0 Å². The number of methoxy groups -OCH3 is 1. The van der Waals surface area contributed by atoms with Gasteiger partial charge in [0.05, 0.1) is 18.3 Å². The Morgan fingerprint density at radius 3 is 2.47 bits per heavy atom. The Balaban J connectivity index is 0.00000256. The molecule has 0 spiro atoms. The summed E-state index contributed by atoms with van der Waals surface area (Å²) in [4.78, 5) is 0. The molecule has 4 aliphatic carbocycles. The summed E-state index contributed by atoms with van der Waals surface area (Å²) in [6, 6.07) is 0. The SMILES string of the molecule is CO[C@H]1CC[C@@]2(C)[C@H](C[CH][C@@H]3[C@@H]2C[C@H](O)[C@]2(C)[C@@H](C(C)CC[C@H](C)O)CC[C@@H]32)C1.[Y]. The Morgan fingerprint density at radius 1 is 1.07 bits per heavy atom. The topological polar surface area (TPSA) is 49.7 Å². The fourth-order valence-electron chi connectivity index (χ4n) is 8.70. The number of fused-ring (bicyclic) bond motifs is 5. The van der Waals surface area contributed by atoms with Crippen molar-refractivity contribution in [2.45, 2.75) is 104 Å². The van der Waals surface area contributed by atoms with Crippen LogP contribution in [0.5, 0.6) is 0 Å². The van der Waals surface area contributed by atoms with Crippen molar-refractivity contribution in [3.05, 3.63) is 6.42 Å². The van der Waals surface area contributed by atoms with Gasteiger partial charge in [-0.1, -0.05) is 20.8 Å². The van der Waals surface area contributed by atoms with Crippen LogP contribution in [0.25, 0.3) is 0 Å². The first kappa shape index (κ1) is 25.6. The maximum Gasteiger partial charge on any atom is 0.0602 e. The summed E-state index contributed by atoms with van der Waals surface area (Å²) in [6.07, 6.45) is 13.1. The van der Waals surface area contributed by atoms with E-state index in [4.69, 9.17) is 4.74 Å². The quantitative estimate of drug-likeness (QED) is 0.550. The molecule has 0 aromatic heterocycles. The first-order chi connectivity index (χ1) is 13.7. The standard InChI is InChI=1S/C26H45O3.Y/c1-16(6-7-17(2)27)21-10-11-22-20-9-8-18-14-19(29-5)12-13-25(18,3)23(20)15-24(28)26(21,22)4;/h9,16-24,27-28H,6-8,10-15H2,1-5H3;/t16?,17-,18+,19-,20-,21+,22-,23-,24-,25-,26+;/m0./s1. The number of aliphatic hydroxyl groups excluding tert-OH is 2. The summed E-state index contributed by atoms with van der Waals surface area (Å²) in [7, 11) is 1.87. The van der Waals surface area contributed by atoms with Gasteiger partial charge in [-0.05, 0) is 117 Å². The molecule has 4 rings (SSSR count). The maximum atomic E-state index is 11.6. The van der Waals surface area contributed by atoms with Crippen molar-refractivity contribution in [3.63, 3.8) is 0 Å². The van der Waals surface area contributed by atoms with E-state index in [9.17, 15) is 10.2 Å². The van der Waals surface area contributed by atoms with Gasteiger partial charge in [-0.25, -0.2) is 0 Å². The first-order valence-electron chi connectivity index (χ1n) is 12.4. The predicted molar refractivity (Wildman–Crippen MR) is 117 cm³/mol. The van der Waals surface area contributed by atoms with E-state index < -0.39 is 0 Å². The van der Waals surface area contributed by atoms with Crippen LogP contribution in [0.1, 0.15) is 85.5 Å². The molecule has 4 fully saturated rings. The summed E-state index contributed by atoms with van der Waals surface area (Å²) < 4.78 is 5.73. The largest absolute Gasteiger partial charge is 0.393 e. The Kier molecular flexibility index (Phi) is 8.27. The molecule has 170 valence electrons. The van der Waals surface area contributed by atoms with Gasteiger partial charge in [0.2, 0.25) is 0 Å². The zero-order valence-corrected chi connectivity index (χ0v) is 22.9. The van der Waals surface area contributed by atoms with Crippen molar-refractivity contribution in [1.29, 1.82) is 0 Å². The monoisotopic (exact) mass is 494 g/mol. The summed E-state index contributed by atoms with van der Waals surface area (Å²) in [5.74, 6) is 3.84. The fraction of sp³-hybridized carbons (Fsp3) is 0.962. The molecule has 0 heterocycles. The zero-order chi connectivity index (χ0) is 21.0. The number of ether oxygens (including phenoxy) is 1. The van der Waals surface area contributed by atoms with Gasteiger partial charge in [-0.2, -0.15) is 0 Å². The Morgan fingerprint density at radius 2 is 1.80 bits per heavy atom. The van der Waals surface area contributed by atoms with Crippen molar-refractivity contribution in [3.8, 4) is 0 Å². The van der Waals surface area contributed by atoms with Gasteiger partial charge in [-0.15, -0.1) is 0 Å². The molecule has 0 aromatic carbocycles. The van der Waals surface area contributed by atoms with Crippen LogP contribution >= 0.6 is 0 Å². The molecule has 1 unspecified atom stereocenters. The molecule has 0 bridgehead atoms. The van der Waals surface area contributed by atoms with Gasteiger partial charge in [0, 0.05) is 39.8 Å². The van der Waals surface area contributed by atoms with Crippen LogP contribution in [0, 0.1) is 52.8 Å². The van der Waals surface area contributed by atoms with Crippen LogP contribution in [0.3, 0.4) is 0 Å². The Bertz CT molecular complexity index is 583. The molecule has 2 N–H and O–H groups in total. The summed E-state index contributed by atoms with van der Waals surface area (Å²) in [5.41, 5.74) is 0.412. The van der Waals surface area contributed by atoms with E-state index in [0.717, 1.165) is 25.2 Å². The minimum Gasteiger partial charge on any atom is -0.393 e. The zero-order valence-electron chi connectivity index (χ0n) is 20.0. The van der Waals surface area contributed by atoms with Crippen LogP contribution in [-0.4, -0.2) is 35.6 Å². The van der Waals surface area contributed by atoms with E-state index in [2.05, 4.69) is 27.2 Å². The average molecular weight is 495 g/mol. The molecule has 4 saturated carbocycles. The van der Waals surface area contributed by atoms with Gasteiger partial charge in [-0.3, -0.25) is 0 Å². The predicted octanol–water partition coefficient (Wildman–Crippen LogP) is 5.24. The third-order valence-electron chi connectivity index (χ3n) is 10.6. The molecule has 30 heavy (non-hydrogen) atoms. The molecule has 4 aliphatic rings. The van der Waals surface area contributed by atoms with E-state index in [1.165, 1.54) is 38.5 Å². The fourth-order valence-corrected chi connectivity index (χ4v) is 8.70. The molecule has 11 atom stereocenters. The van der Waals surface area contributed by atoms with E-state index >= 15 is 0 Å². The number of aliphatic hydroxyl groups is 2. The van der Waals surface area contributed by atoms with E-state index in [0.29, 0.717) is 41.1 Å². The number of hydrogen-bond acceptors (Lipinski definition) is 3. The molecule has 3 nitrogen and oxygen atoms in total. The summed E-state index contributed by atoms with van der Waals surface area (Å²) >= 11 is 0. The van der Waals surface area contributed by atoms with Crippen molar-refractivity contribution in [2.24, 2.45) is 46.3 Å². The van der Waals surface area contributed by atoms with Crippen LogP contribution in [0.4, 0.5) is 0 Å². The van der Waals surface area contributed by atoms with Crippen LogP contribution < -0.4 is 0 Å². The molecular formula is C26H45O3Y. The minimum absolute atomic E-state index is 0. The normalized spacial score (nSPS) is 49.9. The summed E-state index contributed by atoms with van der Waals surface area (Å²) in [6.45, 7) is 9.23. The number of hydrogen-bond donors (Lipinski definition) is 2. The molecule has 2 radical (unpaired) electrons. The van der Waals surface area contributed by atoms with Crippen molar-refractivity contribution in [1.82, 2.24) is 0 Å². The van der Waals surface area contributed by atoms with E-state index in [1.54, 1.807) is 0 Å². The van der Waals surface area contributed by atoms with Crippen molar-refractivity contribution < 1.29 is 47.7 Å². The van der Waals surface area contributed by atoms with Gasteiger partial charge in [0.25, 0.3) is 0 Å². The first-order valence-corrected chi connectivity index (χ1v) is 12.4. The third kappa shape index (κ3) is 4.15. The number of rotatable bonds is 5. The Hall–Kier alpha value is 0.984. The second-order valence-corrected chi connectivity index (χ2v) is 11.8. The van der Waals surface area contributed by atoms with Crippen LogP contribution in [-0.2, 0) is 37.4 Å². The second-order valence-electron chi connectivity index (χ2n) is 11.8. The molecule has 0 aromatic rings. The van der Waals surface area contributed by atoms with Crippen LogP contribution in [0.2, 0.25) is 0 Å². The van der Waals surface area contributed by atoms with Gasteiger partial charge < -0.3 is 14.9 Å². The average Bonchev–Trinajstić information content (AvgIpc) is 3.05. The molecule has 0 aliphatic heterocycles. The molecule has 0 amide bonds. The summed E-state index contributed by atoms with van der Waals surface area (Å²) in [5, 5.41) is 21.3. The van der Waals surface area contributed by atoms with E-state index in [-0.39, 0.29) is 50.3 Å². The smallest absolute Gasteiger partial charge is 0.0602 e. The molecule has 4 heteroatoms. The van der Waals surface area contributed by atoms with Crippen molar-refractivity contribution >= 4 is 0 Å². The van der Waals surface area contributed by atoms with Gasteiger partial charge >= 0.3 is 0 Å². The van der Waals surface area contributed by atoms with Gasteiger partial charge in [0.15, 0.2) is 0 Å². The second kappa shape index (κ2) is 9.69. The molecule has 0 saturated heterocycles. The third-order valence-corrected chi connectivity index (χ3v) is 10.6.